The van der Waals surface area contributed by atoms with Crippen LogP contribution >= 0.6 is 0 Å². The number of halogens is 6. The Balaban J connectivity index is 1.86. The number of alkyl halides is 6. The van der Waals surface area contributed by atoms with Crippen LogP contribution in [0.4, 0.5) is 26.3 Å². The molecule has 170 valence electrons. The third kappa shape index (κ3) is 4.99. The summed E-state index contributed by atoms with van der Waals surface area (Å²) in [4.78, 5) is 0. The summed E-state index contributed by atoms with van der Waals surface area (Å²) in [6.07, 6.45) is -12.7. The van der Waals surface area contributed by atoms with Crippen molar-refractivity contribution in [2.24, 2.45) is 0 Å². The van der Waals surface area contributed by atoms with Gasteiger partial charge in [-0.05, 0) is 29.8 Å². The van der Waals surface area contributed by atoms with Gasteiger partial charge in [0.25, 0.3) is 5.60 Å². The summed E-state index contributed by atoms with van der Waals surface area (Å²) in [5.41, 5.74) is -5.73. The molecule has 0 aliphatic carbocycles. The van der Waals surface area contributed by atoms with Crippen LogP contribution in [-0.2, 0) is 5.60 Å². The minimum atomic E-state index is -5.98. The predicted molar refractivity (Wildman–Crippen MR) is 104 cm³/mol. The number of aliphatic hydroxyl groups is 1. The Morgan fingerprint density at radius 3 is 1.78 bits per heavy atom. The van der Waals surface area contributed by atoms with Gasteiger partial charge in [-0.25, -0.2) is 0 Å². The molecule has 0 aromatic heterocycles. The fourth-order valence-electron chi connectivity index (χ4n) is 3.00. The molecule has 0 amide bonds. The van der Waals surface area contributed by atoms with E-state index in [-0.39, 0.29) is 12.4 Å². The lowest BCUT2D eigenvalue weighted by atomic mass is 9.92. The minimum absolute atomic E-state index is 0.209. The molecule has 3 rings (SSSR count). The summed E-state index contributed by atoms with van der Waals surface area (Å²) < 4.78 is 90.4. The highest BCUT2D eigenvalue weighted by Crippen LogP contribution is 2.50. The number of rotatable bonds is 7. The first-order chi connectivity index (χ1) is 15.0. The van der Waals surface area contributed by atoms with Crippen molar-refractivity contribution in [3.8, 4) is 11.5 Å². The molecule has 3 nitrogen and oxygen atoms in total. The summed E-state index contributed by atoms with van der Waals surface area (Å²) in [5.74, 6) is 0.217. The number of benzene rings is 3. The molecule has 1 atom stereocenters. The zero-order chi connectivity index (χ0) is 23.4. The summed E-state index contributed by atoms with van der Waals surface area (Å²) in [6, 6.07) is 20.7. The molecule has 0 saturated heterocycles. The van der Waals surface area contributed by atoms with Crippen LogP contribution in [0.1, 0.15) is 17.2 Å². The van der Waals surface area contributed by atoms with Crippen LogP contribution in [0, 0.1) is 0 Å². The van der Waals surface area contributed by atoms with Gasteiger partial charge in [-0.15, -0.1) is 0 Å². The first-order valence-electron chi connectivity index (χ1n) is 9.38. The fourth-order valence-corrected chi connectivity index (χ4v) is 3.00. The van der Waals surface area contributed by atoms with E-state index >= 15 is 0 Å². The molecule has 1 unspecified atom stereocenters. The van der Waals surface area contributed by atoms with Gasteiger partial charge < -0.3 is 14.6 Å². The Hall–Kier alpha value is -3.20. The number of hydrogen-bond donors (Lipinski definition) is 1. The maximum Gasteiger partial charge on any atom is 0.430 e. The van der Waals surface area contributed by atoms with Gasteiger partial charge >= 0.3 is 12.4 Å². The van der Waals surface area contributed by atoms with E-state index in [9.17, 15) is 31.4 Å². The van der Waals surface area contributed by atoms with E-state index in [1.807, 2.05) is 0 Å². The standard InChI is InChI=1S/C23H18F6O3/c24-22(25,26)21(30,23(27,28)29)17-10-7-13-19(14-17)31-15-20(16-8-3-1-4-9-16)32-18-11-5-2-6-12-18/h1-14,20,30H,15H2. The summed E-state index contributed by atoms with van der Waals surface area (Å²) in [5, 5.41) is 9.60. The topological polar surface area (TPSA) is 38.7 Å². The van der Waals surface area contributed by atoms with E-state index < -0.39 is 29.6 Å². The van der Waals surface area contributed by atoms with E-state index in [1.165, 1.54) is 6.07 Å². The second-order valence-electron chi connectivity index (χ2n) is 6.87. The predicted octanol–water partition coefficient (Wildman–Crippen LogP) is 6.20. The summed E-state index contributed by atoms with van der Waals surface area (Å²) in [6.45, 7) is -0.209. The molecule has 3 aromatic carbocycles. The van der Waals surface area contributed by atoms with Gasteiger partial charge in [0.2, 0.25) is 0 Å². The molecule has 0 saturated carbocycles. The van der Waals surface area contributed by atoms with Crippen molar-refractivity contribution in [1.29, 1.82) is 0 Å². The Kier molecular flexibility index (Phi) is 6.68. The van der Waals surface area contributed by atoms with E-state index in [0.29, 0.717) is 23.4 Å². The monoisotopic (exact) mass is 456 g/mol. The highest BCUT2D eigenvalue weighted by atomic mass is 19.4. The van der Waals surface area contributed by atoms with Crippen LogP contribution < -0.4 is 9.47 Å². The highest BCUT2D eigenvalue weighted by molar-refractivity contribution is 5.35. The lowest BCUT2D eigenvalue weighted by molar-refractivity contribution is -0.376. The van der Waals surface area contributed by atoms with Crippen molar-refractivity contribution in [3.05, 3.63) is 96.1 Å². The molecule has 0 spiro atoms. The second-order valence-corrected chi connectivity index (χ2v) is 6.87. The lowest BCUT2D eigenvalue weighted by Crippen LogP contribution is -2.53. The van der Waals surface area contributed by atoms with Gasteiger partial charge in [-0.1, -0.05) is 60.7 Å². The van der Waals surface area contributed by atoms with Gasteiger partial charge in [0.1, 0.15) is 18.1 Å². The van der Waals surface area contributed by atoms with E-state index in [2.05, 4.69) is 0 Å². The van der Waals surface area contributed by atoms with Crippen molar-refractivity contribution >= 4 is 0 Å². The van der Waals surface area contributed by atoms with Crippen molar-refractivity contribution < 1.29 is 40.9 Å². The normalized spacial score (nSPS) is 13.5. The zero-order valence-corrected chi connectivity index (χ0v) is 16.4. The van der Waals surface area contributed by atoms with Crippen molar-refractivity contribution in [2.45, 2.75) is 24.1 Å². The average molecular weight is 456 g/mol. The summed E-state index contributed by atoms with van der Waals surface area (Å²) in [7, 11) is 0. The smallest absolute Gasteiger partial charge is 0.430 e. The quantitative estimate of drug-likeness (QED) is 0.431. The van der Waals surface area contributed by atoms with Gasteiger partial charge in [0.05, 0.1) is 0 Å². The number of hydrogen-bond acceptors (Lipinski definition) is 3. The molecule has 0 bridgehead atoms. The molecule has 32 heavy (non-hydrogen) atoms. The minimum Gasteiger partial charge on any atom is -0.489 e. The van der Waals surface area contributed by atoms with Crippen LogP contribution in [0.15, 0.2) is 84.9 Å². The van der Waals surface area contributed by atoms with Crippen LogP contribution in [0.25, 0.3) is 0 Å². The molecular weight excluding hydrogens is 438 g/mol. The first-order valence-corrected chi connectivity index (χ1v) is 9.38. The van der Waals surface area contributed by atoms with E-state index in [4.69, 9.17) is 9.47 Å². The Bertz CT molecular complexity index is 989. The molecule has 3 aromatic rings. The first kappa shape index (κ1) is 23.5. The van der Waals surface area contributed by atoms with Crippen molar-refractivity contribution in [2.75, 3.05) is 6.61 Å². The Morgan fingerprint density at radius 2 is 1.22 bits per heavy atom. The molecular formula is C23H18F6O3. The van der Waals surface area contributed by atoms with Crippen molar-refractivity contribution in [1.82, 2.24) is 0 Å². The second kappa shape index (κ2) is 9.12. The van der Waals surface area contributed by atoms with Gasteiger partial charge in [0, 0.05) is 5.56 Å². The van der Waals surface area contributed by atoms with Gasteiger partial charge in [-0.2, -0.15) is 26.3 Å². The summed E-state index contributed by atoms with van der Waals surface area (Å²) >= 11 is 0. The van der Waals surface area contributed by atoms with Gasteiger partial charge in [-0.3, -0.25) is 0 Å². The largest absolute Gasteiger partial charge is 0.489 e. The molecule has 9 heteroatoms. The third-order valence-corrected chi connectivity index (χ3v) is 4.67. The molecule has 1 N–H and O–H groups in total. The van der Waals surface area contributed by atoms with Crippen LogP contribution in [-0.4, -0.2) is 24.1 Å². The molecule has 0 aliphatic heterocycles. The highest BCUT2D eigenvalue weighted by Gasteiger charge is 2.71. The maximum atomic E-state index is 13.2. The third-order valence-electron chi connectivity index (χ3n) is 4.67. The molecule has 0 fully saturated rings. The fraction of sp³-hybridized carbons (Fsp3) is 0.217. The maximum absolute atomic E-state index is 13.2. The van der Waals surface area contributed by atoms with E-state index in [0.717, 1.165) is 6.07 Å². The van der Waals surface area contributed by atoms with Gasteiger partial charge in [0.15, 0.2) is 6.10 Å². The lowest BCUT2D eigenvalue weighted by Gasteiger charge is -2.32. The van der Waals surface area contributed by atoms with Crippen molar-refractivity contribution in [3.63, 3.8) is 0 Å². The SMILES string of the molecule is OC(c1cccc(OCC(Oc2ccccc2)c2ccccc2)c1)(C(F)(F)F)C(F)(F)F. The Labute approximate surface area is 179 Å². The number of ether oxygens (including phenoxy) is 2. The molecule has 0 heterocycles. The average Bonchev–Trinajstić information content (AvgIpc) is 2.76. The molecule has 0 radical (unpaired) electrons. The Morgan fingerprint density at radius 1 is 0.688 bits per heavy atom. The van der Waals surface area contributed by atoms with Crippen LogP contribution in [0.3, 0.4) is 0 Å². The van der Waals surface area contributed by atoms with E-state index in [1.54, 1.807) is 60.7 Å². The van der Waals surface area contributed by atoms with Crippen LogP contribution in [0.5, 0.6) is 11.5 Å². The zero-order valence-electron chi connectivity index (χ0n) is 16.4. The molecule has 0 aliphatic rings. The number of para-hydroxylation sites is 1. The van der Waals surface area contributed by atoms with Crippen LogP contribution in [0.2, 0.25) is 0 Å².